The minimum Gasteiger partial charge on any atom is -0.396 e. The van der Waals surface area contributed by atoms with Crippen molar-refractivity contribution in [1.29, 1.82) is 0 Å². The van der Waals surface area contributed by atoms with Crippen LogP contribution in [0.15, 0.2) is 0 Å². The lowest BCUT2D eigenvalue weighted by Crippen LogP contribution is -2.48. The van der Waals surface area contributed by atoms with Crippen LogP contribution in [0.4, 0.5) is 0 Å². The van der Waals surface area contributed by atoms with E-state index in [0.717, 1.165) is 0 Å². The van der Waals surface area contributed by atoms with Crippen molar-refractivity contribution in [1.82, 2.24) is 5.32 Å². The zero-order valence-electron chi connectivity index (χ0n) is 8.41. The molecule has 0 radical (unpaired) electrons. The third kappa shape index (κ3) is 2.94. The fourth-order valence-corrected chi connectivity index (χ4v) is 1.26. The van der Waals surface area contributed by atoms with Crippen LogP contribution in [0.5, 0.6) is 0 Å². The molecule has 0 aromatic rings. The van der Waals surface area contributed by atoms with E-state index in [9.17, 15) is 4.79 Å². The average Bonchev–Trinajstić information content (AvgIpc) is 2.19. The highest BCUT2D eigenvalue weighted by atomic mass is 16.7. The van der Waals surface area contributed by atoms with Crippen LogP contribution in [0.25, 0.3) is 0 Å². The monoisotopic (exact) mass is 203 g/mol. The molecule has 1 aliphatic heterocycles. The third-order valence-corrected chi connectivity index (χ3v) is 2.18. The van der Waals surface area contributed by atoms with Crippen LogP contribution in [0, 0.1) is 5.41 Å². The van der Waals surface area contributed by atoms with Crippen molar-refractivity contribution < 1.29 is 19.4 Å². The summed E-state index contributed by atoms with van der Waals surface area (Å²) in [6, 6.07) is 0. The predicted octanol–water partition coefficient (Wildman–Crippen LogP) is -0.504. The van der Waals surface area contributed by atoms with E-state index in [1.165, 1.54) is 0 Å². The number of nitrogens with one attached hydrogen (secondary N) is 1. The summed E-state index contributed by atoms with van der Waals surface area (Å²) in [4.78, 5) is 11.6. The van der Waals surface area contributed by atoms with E-state index in [4.69, 9.17) is 14.6 Å². The number of rotatable bonds is 4. The Hall–Kier alpha value is -0.650. The largest absolute Gasteiger partial charge is 0.396 e. The molecule has 1 rings (SSSR count). The molecule has 0 bridgehead atoms. The van der Waals surface area contributed by atoms with Crippen molar-refractivity contribution in [3.63, 3.8) is 0 Å². The molecule has 1 amide bonds. The van der Waals surface area contributed by atoms with Gasteiger partial charge in [0.05, 0.1) is 18.6 Å². The van der Waals surface area contributed by atoms with Gasteiger partial charge in [-0.3, -0.25) is 4.79 Å². The molecule has 5 nitrogen and oxygen atoms in total. The number of amides is 1. The Labute approximate surface area is 83.4 Å². The molecule has 1 aliphatic rings. The SMILES string of the molecule is CC1(C(=O)NCCCO)COCOC1. The number of carbonyl (C=O) groups is 1. The fourth-order valence-electron chi connectivity index (χ4n) is 1.26. The molecule has 0 unspecified atom stereocenters. The van der Waals surface area contributed by atoms with Crippen LogP contribution >= 0.6 is 0 Å². The van der Waals surface area contributed by atoms with Crippen LogP contribution in [0.2, 0.25) is 0 Å². The number of aliphatic hydroxyl groups is 1. The molecule has 5 heteroatoms. The number of carbonyl (C=O) groups excluding carboxylic acids is 1. The topological polar surface area (TPSA) is 67.8 Å². The molecule has 0 spiro atoms. The third-order valence-electron chi connectivity index (χ3n) is 2.18. The molecule has 0 aliphatic carbocycles. The molecule has 1 heterocycles. The van der Waals surface area contributed by atoms with Crippen LogP contribution in [-0.4, -0.2) is 44.2 Å². The van der Waals surface area contributed by atoms with Gasteiger partial charge < -0.3 is 19.9 Å². The standard InChI is InChI=1S/C9H17NO4/c1-9(5-13-7-14-6-9)8(12)10-3-2-4-11/h11H,2-7H2,1H3,(H,10,12). The van der Waals surface area contributed by atoms with E-state index < -0.39 is 5.41 Å². The summed E-state index contributed by atoms with van der Waals surface area (Å²) in [6.45, 7) is 3.42. The summed E-state index contributed by atoms with van der Waals surface area (Å²) in [7, 11) is 0. The minimum absolute atomic E-state index is 0.0781. The van der Waals surface area contributed by atoms with Gasteiger partial charge in [0, 0.05) is 13.2 Å². The summed E-state index contributed by atoms with van der Waals surface area (Å²) < 4.78 is 10.2. The van der Waals surface area contributed by atoms with Gasteiger partial charge in [-0.2, -0.15) is 0 Å². The van der Waals surface area contributed by atoms with Crippen molar-refractivity contribution in [2.75, 3.05) is 33.2 Å². The first-order valence-electron chi connectivity index (χ1n) is 4.74. The maximum Gasteiger partial charge on any atom is 0.230 e. The Morgan fingerprint density at radius 1 is 1.50 bits per heavy atom. The lowest BCUT2D eigenvalue weighted by Gasteiger charge is -2.31. The Bertz CT molecular complexity index is 189. The van der Waals surface area contributed by atoms with E-state index in [-0.39, 0.29) is 19.3 Å². The molecule has 0 aromatic heterocycles. The summed E-state index contributed by atoms with van der Waals surface area (Å²) in [6.07, 6.45) is 0.573. The maximum atomic E-state index is 11.6. The normalized spacial score (nSPS) is 20.4. The van der Waals surface area contributed by atoms with Crippen LogP contribution < -0.4 is 5.32 Å². The summed E-state index contributed by atoms with van der Waals surface area (Å²) in [5.41, 5.74) is -0.590. The first-order chi connectivity index (χ1) is 6.69. The Kier molecular flexibility index (Phi) is 4.31. The van der Waals surface area contributed by atoms with Crippen LogP contribution in [0.1, 0.15) is 13.3 Å². The van der Waals surface area contributed by atoms with Gasteiger partial charge in [-0.05, 0) is 13.3 Å². The Morgan fingerprint density at radius 2 is 2.14 bits per heavy atom. The van der Waals surface area contributed by atoms with Crippen molar-refractivity contribution >= 4 is 5.91 Å². The molecule has 0 atom stereocenters. The van der Waals surface area contributed by atoms with Gasteiger partial charge >= 0.3 is 0 Å². The first-order valence-corrected chi connectivity index (χ1v) is 4.74. The minimum atomic E-state index is -0.590. The number of hydrogen-bond acceptors (Lipinski definition) is 4. The zero-order chi connectivity index (χ0) is 10.4. The number of aliphatic hydroxyl groups excluding tert-OH is 1. The quantitative estimate of drug-likeness (QED) is 0.604. The van der Waals surface area contributed by atoms with Gasteiger partial charge in [0.15, 0.2) is 0 Å². The Balaban J connectivity index is 2.33. The molecule has 0 aromatic carbocycles. The summed E-state index contributed by atoms with van der Waals surface area (Å²) in [5, 5.41) is 11.3. The van der Waals surface area contributed by atoms with E-state index in [1.54, 1.807) is 6.92 Å². The lowest BCUT2D eigenvalue weighted by atomic mass is 9.91. The Morgan fingerprint density at radius 3 is 2.71 bits per heavy atom. The lowest BCUT2D eigenvalue weighted by molar-refractivity contribution is -0.173. The summed E-state index contributed by atoms with van der Waals surface area (Å²) in [5.74, 6) is -0.0781. The van der Waals surface area contributed by atoms with Crippen molar-refractivity contribution in [3.05, 3.63) is 0 Å². The molecule has 1 fully saturated rings. The van der Waals surface area contributed by atoms with Gasteiger partial charge in [0.25, 0.3) is 0 Å². The highest BCUT2D eigenvalue weighted by Crippen LogP contribution is 2.21. The molecule has 2 N–H and O–H groups in total. The second kappa shape index (κ2) is 5.29. The molecule has 82 valence electrons. The molecule has 1 saturated heterocycles. The van der Waals surface area contributed by atoms with Gasteiger partial charge in [0.1, 0.15) is 6.79 Å². The van der Waals surface area contributed by atoms with E-state index in [2.05, 4.69) is 5.32 Å². The van der Waals surface area contributed by atoms with Crippen molar-refractivity contribution in [3.8, 4) is 0 Å². The van der Waals surface area contributed by atoms with Crippen LogP contribution in [-0.2, 0) is 14.3 Å². The number of ether oxygens (including phenoxy) is 2. The van der Waals surface area contributed by atoms with Crippen molar-refractivity contribution in [2.45, 2.75) is 13.3 Å². The predicted molar refractivity (Wildman–Crippen MR) is 49.6 cm³/mol. The maximum absolute atomic E-state index is 11.6. The van der Waals surface area contributed by atoms with Crippen molar-refractivity contribution in [2.24, 2.45) is 5.41 Å². The first kappa shape index (κ1) is 11.4. The average molecular weight is 203 g/mol. The highest BCUT2D eigenvalue weighted by Gasteiger charge is 2.36. The van der Waals surface area contributed by atoms with E-state index in [1.807, 2.05) is 0 Å². The molecule has 0 saturated carbocycles. The molecular weight excluding hydrogens is 186 g/mol. The number of hydrogen-bond donors (Lipinski definition) is 2. The van der Waals surface area contributed by atoms with E-state index in [0.29, 0.717) is 26.2 Å². The smallest absolute Gasteiger partial charge is 0.230 e. The zero-order valence-corrected chi connectivity index (χ0v) is 8.41. The van der Waals surface area contributed by atoms with Gasteiger partial charge in [-0.25, -0.2) is 0 Å². The second-order valence-electron chi connectivity index (χ2n) is 3.71. The van der Waals surface area contributed by atoms with Gasteiger partial charge in [-0.15, -0.1) is 0 Å². The molecule has 14 heavy (non-hydrogen) atoms. The second-order valence-corrected chi connectivity index (χ2v) is 3.71. The fraction of sp³-hybridized carbons (Fsp3) is 0.889. The van der Waals surface area contributed by atoms with Gasteiger partial charge in [-0.1, -0.05) is 0 Å². The highest BCUT2D eigenvalue weighted by molar-refractivity contribution is 5.82. The van der Waals surface area contributed by atoms with Crippen LogP contribution in [0.3, 0.4) is 0 Å². The summed E-state index contributed by atoms with van der Waals surface area (Å²) >= 11 is 0. The van der Waals surface area contributed by atoms with E-state index >= 15 is 0 Å². The molecular formula is C9H17NO4. The van der Waals surface area contributed by atoms with Gasteiger partial charge in [0.2, 0.25) is 5.91 Å².